The topological polar surface area (TPSA) is 86.0 Å². The van der Waals surface area contributed by atoms with Crippen LogP contribution in [0.25, 0.3) is 6.08 Å². The number of carboxylic acid groups (broad SMARTS) is 1. The van der Waals surface area contributed by atoms with E-state index in [1.54, 1.807) is 25.1 Å². The van der Waals surface area contributed by atoms with E-state index in [1.807, 2.05) is 12.1 Å². The van der Waals surface area contributed by atoms with Gasteiger partial charge in [0.25, 0.3) is 0 Å². The molecule has 1 aromatic heterocycles. The first-order chi connectivity index (χ1) is 13.0. The Morgan fingerprint density at radius 3 is 2.59 bits per heavy atom. The summed E-state index contributed by atoms with van der Waals surface area (Å²) in [6.45, 7) is 2.61. The minimum absolute atomic E-state index is 0.0216. The molecule has 144 valence electrons. The molecule has 1 N–H and O–H groups in total. The molecule has 0 saturated heterocycles. The van der Waals surface area contributed by atoms with Gasteiger partial charge < -0.3 is 19.0 Å². The predicted octanol–water partition coefficient (Wildman–Crippen LogP) is 4.65. The average molecular weight is 393 g/mol. The van der Waals surface area contributed by atoms with Crippen molar-refractivity contribution in [2.75, 3.05) is 13.2 Å². The summed E-state index contributed by atoms with van der Waals surface area (Å²) in [5, 5.41) is 9.60. The molecule has 0 aliphatic rings. The minimum Gasteiger partial charge on any atom is -0.494 e. The quantitative estimate of drug-likeness (QED) is 0.592. The lowest BCUT2D eigenvalue weighted by Crippen LogP contribution is -2.13. The van der Waals surface area contributed by atoms with Crippen LogP contribution in [-0.4, -0.2) is 24.3 Å². The van der Waals surface area contributed by atoms with Crippen LogP contribution in [0.3, 0.4) is 0 Å². The van der Waals surface area contributed by atoms with Crippen LogP contribution in [0.4, 0.5) is 0 Å². The molecule has 0 amide bonds. The number of carboxylic acids is 1. The zero-order valence-corrected chi connectivity index (χ0v) is 15.7. The molecule has 6 nitrogen and oxygen atoms in total. The Morgan fingerprint density at radius 1 is 1.19 bits per heavy atom. The molecule has 2 rings (SSSR count). The van der Waals surface area contributed by atoms with Crippen molar-refractivity contribution in [1.82, 2.24) is 0 Å². The molecule has 0 spiro atoms. The summed E-state index contributed by atoms with van der Waals surface area (Å²) in [5.74, 6) is -0.867. The van der Waals surface area contributed by atoms with Gasteiger partial charge in [0, 0.05) is 11.1 Å². The largest absolute Gasteiger partial charge is 0.494 e. The number of hydrogen-bond donors (Lipinski definition) is 1. The fourth-order valence-corrected chi connectivity index (χ4v) is 2.49. The van der Waals surface area contributed by atoms with Gasteiger partial charge in [0.1, 0.15) is 5.75 Å². The molecule has 0 aliphatic heterocycles. The number of hydrogen-bond acceptors (Lipinski definition) is 5. The van der Waals surface area contributed by atoms with E-state index in [1.165, 1.54) is 6.08 Å². The monoisotopic (exact) mass is 392 g/mol. The fraction of sp³-hybridized carbons (Fsp3) is 0.300. The maximum absolute atomic E-state index is 12.1. The SMILES string of the molecule is CC=Cc1oc(C(=O)O)cc(=O)c1OCCCCCOc1cccc(Cl)c1. The molecule has 2 aromatic rings. The van der Waals surface area contributed by atoms with Crippen LogP contribution in [0.1, 0.15) is 42.5 Å². The molecule has 0 fully saturated rings. The maximum atomic E-state index is 12.1. The fourth-order valence-electron chi connectivity index (χ4n) is 2.31. The first kappa shape index (κ1) is 20.6. The van der Waals surface area contributed by atoms with Gasteiger partial charge in [0.2, 0.25) is 16.9 Å². The molecule has 0 saturated carbocycles. The highest BCUT2D eigenvalue weighted by Crippen LogP contribution is 2.19. The summed E-state index contributed by atoms with van der Waals surface area (Å²) in [6, 6.07) is 8.14. The summed E-state index contributed by atoms with van der Waals surface area (Å²) >= 11 is 5.89. The number of ether oxygens (including phenoxy) is 2. The molecule has 27 heavy (non-hydrogen) atoms. The average Bonchev–Trinajstić information content (AvgIpc) is 2.62. The van der Waals surface area contributed by atoms with E-state index in [0.717, 1.165) is 24.7 Å². The van der Waals surface area contributed by atoms with Crippen molar-refractivity contribution in [2.45, 2.75) is 26.2 Å². The number of allylic oxidation sites excluding steroid dienone is 1. The molecular weight excluding hydrogens is 372 g/mol. The summed E-state index contributed by atoms with van der Waals surface area (Å²) in [4.78, 5) is 23.1. The van der Waals surface area contributed by atoms with Crippen LogP contribution < -0.4 is 14.9 Å². The van der Waals surface area contributed by atoms with Crippen LogP contribution in [-0.2, 0) is 0 Å². The van der Waals surface area contributed by atoms with Gasteiger partial charge in [-0.15, -0.1) is 0 Å². The van der Waals surface area contributed by atoms with Crippen LogP contribution in [0.15, 0.2) is 45.6 Å². The molecule has 0 aliphatic carbocycles. The molecule has 0 unspecified atom stereocenters. The zero-order chi connectivity index (χ0) is 19.6. The molecule has 0 radical (unpaired) electrons. The van der Waals surface area contributed by atoms with Gasteiger partial charge >= 0.3 is 5.97 Å². The van der Waals surface area contributed by atoms with E-state index in [2.05, 4.69) is 0 Å². The van der Waals surface area contributed by atoms with Gasteiger partial charge in [-0.2, -0.15) is 0 Å². The van der Waals surface area contributed by atoms with Gasteiger partial charge in [-0.1, -0.05) is 23.7 Å². The van der Waals surface area contributed by atoms with E-state index in [0.29, 0.717) is 24.7 Å². The summed E-state index contributed by atoms with van der Waals surface area (Å²) in [6.07, 6.45) is 5.53. The van der Waals surface area contributed by atoms with Crippen molar-refractivity contribution in [2.24, 2.45) is 0 Å². The number of unbranched alkanes of at least 4 members (excludes halogenated alkanes) is 2. The Balaban J connectivity index is 1.79. The molecule has 1 aromatic carbocycles. The standard InChI is InChI=1S/C20H21ClO6/c1-2-7-17-19(16(22)13-18(27-17)20(23)24)26-11-5-3-4-10-25-15-9-6-8-14(21)12-15/h2,6-9,12-13H,3-5,10-11H2,1H3,(H,23,24). The van der Waals surface area contributed by atoms with E-state index in [-0.39, 0.29) is 11.5 Å². The van der Waals surface area contributed by atoms with Crippen molar-refractivity contribution >= 4 is 23.6 Å². The second kappa shape index (κ2) is 10.4. The Labute approximate surface area is 162 Å². The molecule has 7 heteroatoms. The van der Waals surface area contributed by atoms with Gasteiger partial charge in [-0.05, 0) is 50.5 Å². The van der Waals surface area contributed by atoms with Gasteiger partial charge in [0.05, 0.1) is 13.2 Å². The smallest absolute Gasteiger partial charge is 0.371 e. The Bertz CT molecular complexity index is 856. The van der Waals surface area contributed by atoms with E-state index < -0.39 is 17.2 Å². The second-order valence-corrected chi connectivity index (χ2v) is 6.12. The second-order valence-electron chi connectivity index (χ2n) is 5.69. The van der Waals surface area contributed by atoms with Crippen LogP contribution in [0, 0.1) is 0 Å². The lowest BCUT2D eigenvalue weighted by Gasteiger charge is -2.09. The van der Waals surface area contributed by atoms with Crippen LogP contribution in [0.5, 0.6) is 11.5 Å². The Kier molecular flexibility index (Phi) is 7.95. The van der Waals surface area contributed by atoms with Crippen molar-refractivity contribution in [3.63, 3.8) is 0 Å². The van der Waals surface area contributed by atoms with Crippen LogP contribution in [0.2, 0.25) is 5.02 Å². The highest BCUT2D eigenvalue weighted by molar-refractivity contribution is 6.30. The summed E-state index contributed by atoms with van der Waals surface area (Å²) in [5.41, 5.74) is -0.518. The number of halogens is 1. The molecule has 0 bridgehead atoms. The normalized spacial score (nSPS) is 10.9. The third kappa shape index (κ3) is 6.49. The van der Waals surface area contributed by atoms with Gasteiger partial charge in [-0.3, -0.25) is 4.79 Å². The molecule has 1 heterocycles. The first-order valence-corrected chi connectivity index (χ1v) is 8.94. The van der Waals surface area contributed by atoms with Crippen molar-refractivity contribution < 1.29 is 23.8 Å². The summed E-state index contributed by atoms with van der Waals surface area (Å²) < 4.78 is 16.3. The van der Waals surface area contributed by atoms with Crippen molar-refractivity contribution in [1.29, 1.82) is 0 Å². The number of rotatable bonds is 10. The van der Waals surface area contributed by atoms with E-state index >= 15 is 0 Å². The van der Waals surface area contributed by atoms with E-state index in [9.17, 15) is 9.59 Å². The Morgan fingerprint density at radius 2 is 1.93 bits per heavy atom. The van der Waals surface area contributed by atoms with E-state index in [4.69, 9.17) is 30.6 Å². The van der Waals surface area contributed by atoms with Crippen LogP contribution >= 0.6 is 11.6 Å². The minimum atomic E-state index is -1.30. The highest BCUT2D eigenvalue weighted by Gasteiger charge is 2.15. The first-order valence-electron chi connectivity index (χ1n) is 8.56. The van der Waals surface area contributed by atoms with Gasteiger partial charge in [-0.25, -0.2) is 4.79 Å². The number of carbonyl (C=O) groups is 1. The lowest BCUT2D eigenvalue weighted by atomic mass is 10.2. The zero-order valence-electron chi connectivity index (χ0n) is 14.9. The summed E-state index contributed by atoms with van der Waals surface area (Å²) in [7, 11) is 0. The number of aromatic carboxylic acids is 1. The number of benzene rings is 1. The van der Waals surface area contributed by atoms with Crippen molar-refractivity contribution in [3.8, 4) is 11.5 Å². The Hall–Kier alpha value is -2.73. The maximum Gasteiger partial charge on any atom is 0.371 e. The lowest BCUT2D eigenvalue weighted by molar-refractivity contribution is 0.0658. The third-order valence-corrected chi connectivity index (χ3v) is 3.79. The van der Waals surface area contributed by atoms with Crippen molar-refractivity contribution in [3.05, 3.63) is 63.2 Å². The van der Waals surface area contributed by atoms with Gasteiger partial charge in [0.15, 0.2) is 5.76 Å². The predicted molar refractivity (Wildman–Crippen MR) is 103 cm³/mol. The molecular formula is C20H21ClO6. The molecule has 0 atom stereocenters. The third-order valence-electron chi connectivity index (χ3n) is 3.56. The highest BCUT2D eigenvalue weighted by atomic mass is 35.5.